The molecule has 0 saturated heterocycles. The Morgan fingerprint density at radius 2 is 0.694 bits per heavy atom. The topological polar surface area (TPSA) is 95.9 Å². The largest absolute Gasteiger partial charge is 0.466 e. The Morgan fingerprint density at radius 1 is 0.389 bits per heavy atom. The van der Waals surface area contributed by atoms with E-state index in [2.05, 4.69) is 43.5 Å². The molecule has 0 bridgehead atoms. The summed E-state index contributed by atoms with van der Waals surface area (Å²) in [5.41, 5.74) is 0. The number of aliphatic hydroxyl groups is 2. The van der Waals surface area contributed by atoms with Crippen molar-refractivity contribution in [1.29, 1.82) is 0 Å². The Balaban J connectivity index is 3.35. The maximum Gasteiger partial charge on any atom is 0.305 e. The number of rotatable bonds is 60. The molecule has 0 heterocycles. The molecule has 0 rings (SSSR count). The normalized spacial score (nSPS) is 12.8. The van der Waals surface area contributed by atoms with Gasteiger partial charge >= 0.3 is 5.97 Å². The van der Waals surface area contributed by atoms with Crippen LogP contribution in [0, 0.1) is 0 Å². The molecule has 2 unspecified atom stereocenters. The first kappa shape index (κ1) is 70.1. The molecule has 0 fully saturated rings. The second kappa shape index (κ2) is 61.6. The zero-order valence-electron chi connectivity index (χ0n) is 48.4. The van der Waals surface area contributed by atoms with Crippen molar-refractivity contribution in [2.45, 2.75) is 360 Å². The van der Waals surface area contributed by atoms with Crippen LogP contribution in [-0.4, -0.2) is 47.4 Å². The van der Waals surface area contributed by atoms with Crippen LogP contribution in [0.15, 0.2) is 36.5 Å². The lowest BCUT2D eigenvalue weighted by Gasteiger charge is -2.20. The third kappa shape index (κ3) is 57.4. The van der Waals surface area contributed by atoms with E-state index in [4.69, 9.17) is 4.74 Å². The van der Waals surface area contributed by atoms with E-state index in [9.17, 15) is 19.8 Å². The average Bonchev–Trinajstić information content (AvgIpc) is 3.38. The minimum absolute atomic E-state index is 0.00420. The van der Waals surface area contributed by atoms with Crippen LogP contribution in [0.4, 0.5) is 0 Å². The molecule has 0 aliphatic heterocycles. The number of allylic oxidation sites excluding steroid dienone is 5. The maximum absolute atomic E-state index is 12.4. The number of carbonyl (C=O) groups is 2. The quantitative estimate of drug-likeness (QED) is 0.0320. The van der Waals surface area contributed by atoms with Gasteiger partial charge in [-0.25, -0.2) is 0 Å². The van der Waals surface area contributed by atoms with E-state index in [0.29, 0.717) is 19.4 Å². The fourth-order valence-corrected chi connectivity index (χ4v) is 9.96. The molecule has 6 nitrogen and oxygen atoms in total. The summed E-state index contributed by atoms with van der Waals surface area (Å²) in [6.45, 7) is 4.89. The molecule has 0 aromatic heterocycles. The predicted molar refractivity (Wildman–Crippen MR) is 315 cm³/mol. The van der Waals surface area contributed by atoms with Crippen LogP contribution in [-0.2, 0) is 14.3 Å². The number of hydrogen-bond acceptors (Lipinski definition) is 5. The van der Waals surface area contributed by atoms with Crippen LogP contribution in [0.2, 0.25) is 0 Å². The summed E-state index contributed by atoms with van der Waals surface area (Å²) in [5.74, 6) is -0.0610. The average molecular weight is 1010 g/mol. The minimum atomic E-state index is -0.841. The molecule has 1 amide bonds. The van der Waals surface area contributed by atoms with Crippen molar-refractivity contribution < 1.29 is 24.5 Å². The molecular weight excluding hydrogens is 887 g/mol. The van der Waals surface area contributed by atoms with Crippen LogP contribution in [0.3, 0.4) is 0 Å². The van der Waals surface area contributed by atoms with Crippen molar-refractivity contribution >= 4 is 11.9 Å². The van der Waals surface area contributed by atoms with Gasteiger partial charge in [0.15, 0.2) is 0 Å². The molecule has 72 heavy (non-hydrogen) atoms. The Bertz CT molecular complexity index is 1170. The fraction of sp³-hybridized carbons (Fsp3) is 0.879. The third-order valence-electron chi connectivity index (χ3n) is 14.9. The number of hydrogen-bond donors (Lipinski definition) is 3. The van der Waals surface area contributed by atoms with Gasteiger partial charge in [0.1, 0.15) is 0 Å². The summed E-state index contributed by atoms with van der Waals surface area (Å²) in [4.78, 5) is 24.5. The third-order valence-corrected chi connectivity index (χ3v) is 14.9. The first-order valence-electron chi connectivity index (χ1n) is 32.3. The first-order valence-corrected chi connectivity index (χ1v) is 32.3. The Labute approximate surface area is 449 Å². The standard InChI is InChI=1S/C66H125NO5/c1-3-5-7-9-11-13-15-17-18-33-36-40-44-48-52-56-60-66(71)72-61-57-53-49-45-41-37-34-31-29-27-25-23-21-19-20-22-24-26-28-30-32-35-39-43-47-51-55-59-65(70)67-63(62-68)64(69)58-54-50-46-42-38-16-14-12-10-8-6-4-2/h13,15,18,33,54,58,63-64,68-69H,3-12,14,16-17,19-32,34-53,55-57,59-62H2,1-2H3,(H,67,70)/b15-13-,33-18-,58-54+. The number of unbranched alkanes of at least 4 members (excludes halogenated alkanes) is 45. The molecule has 0 aromatic carbocycles. The molecule has 3 N–H and O–H groups in total. The number of nitrogens with one attached hydrogen (secondary N) is 1. The van der Waals surface area contributed by atoms with Gasteiger partial charge in [-0.15, -0.1) is 0 Å². The maximum atomic E-state index is 12.4. The van der Waals surface area contributed by atoms with Crippen molar-refractivity contribution in [1.82, 2.24) is 5.32 Å². The van der Waals surface area contributed by atoms with Crippen molar-refractivity contribution in [3.05, 3.63) is 36.5 Å². The highest BCUT2D eigenvalue weighted by atomic mass is 16.5. The Morgan fingerprint density at radius 3 is 1.07 bits per heavy atom. The molecular formula is C66H125NO5. The minimum Gasteiger partial charge on any atom is -0.466 e. The van der Waals surface area contributed by atoms with Gasteiger partial charge in [0.05, 0.1) is 25.4 Å². The number of amides is 1. The molecule has 0 spiro atoms. The Hall–Kier alpha value is -1.92. The molecule has 2 atom stereocenters. The van der Waals surface area contributed by atoms with Gasteiger partial charge in [0.2, 0.25) is 5.91 Å². The summed E-state index contributed by atoms with van der Waals surface area (Å²) in [6.07, 6.45) is 77.7. The fourth-order valence-electron chi connectivity index (χ4n) is 9.96. The Kier molecular flexibility index (Phi) is 60.0. The van der Waals surface area contributed by atoms with E-state index in [1.54, 1.807) is 6.08 Å². The van der Waals surface area contributed by atoms with Gasteiger partial charge in [-0.2, -0.15) is 0 Å². The van der Waals surface area contributed by atoms with Crippen molar-refractivity contribution in [3.63, 3.8) is 0 Å². The lowest BCUT2D eigenvalue weighted by atomic mass is 10.0. The van der Waals surface area contributed by atoms with Crippen LogP contribution in [0.1, 0.15) is 348 Å². The van der Waals surface area contributed by atoms with E-state index in [1.807, 2.05) is 6.08 Å². The number of esters is 1. The van der Waals surface area contributed by atoms with Gasteiger partial charge in [-0.3, -0.25) is 9.59 Å². The smallest absolute Gasteiger partial charge is 0.305 e. The molecule has 424 valence electrons. The highest BCUT2D eigenvalue weighted by Gasteiger charge is 2.18. The summed E-state index contributed by atoms with van der Waals surface area (Å²) in [5, 5.41) is 23.1. The summed E-state index contributed by atoms with van der Waals surface area (Å²) in [6, 6.07) is -0.625. The summed E-state index contributed by atoms with van der Waals surface area (Å²) < 4.78 is 5.49. The molecule has 0 saturated carbocycles. The summed E-state index contributed by atoms with van der Waals surface area (Å²) in [7, 11) is 0. The highest BCUT2D eigenvalue weighted by molar-refractivity contribution is 5.76. The van der Waals surface area contributed by atoms with Gasteiger partial charge < -0.3 is 20.3 Å². The first-order chi connectivity index (χ1) is 35.5. The van der Waals surface area contributed by atoms with Crippen molar-refractivity contribution in [2.75, 3.05) is 13.2 Å². The lowest BCUT2D eigenvalue weighted by molar-refractivity contribution is -0.143. The molecule has 0 radical (unpaired) electrons. The molecule has 0 aliphatic carbocycles. The monoisotopic (exact) mass is 1010 g/mol. The zero-order valence-corrected chi connectivity index (χ0v) is 48.4. The summed E-state index contributed by atoms with van der Waals surface area (Å²) >= 11 is 0. The van der Waals surface area contributed by atoms with Gasteiger partial charge in [-0.1, -0.05) is 307 Å². The van der Waals surface area contributed by atoms with Crippen LogP contribution < -0.4 is 5.32 Å². The van der Waals surface area contributed by atoms with E-state index in [1.165, 1.54) is 270 Å². The van der Waals surface area contributed by atoms with Gasteiger partial charge in [-0.05, 0) is 64.2 Å². The van der Waals surface area contributed by atoms with E-state index < -0.39 is 12.1 Å². The van der Waals surface area contributed by atoms with Crippen molar-refractivity contribution in [3.8, 4) is 0 Å². The van der Waals surface area contributed by atoms with Crippen LogP contribution in [0.25, 0.3) is 0 Å². The van der Waals surface area contributed by atoms with Crippen molar-refractivity contribution in [2.24, 2.45) is 0 Å². The van der Waals surface area contributed by atoms with E-state index in [-0.39, 0.29) is 18.5 Å². The molecule has 0 aromatic rings. The van der Waals surface area contributed by atoms with E-state index >= 15 is 0 Å². The van der Waals surface area contributed by atoms with Crippen LogP contribution >= 0.6 is 0 Å². The molecule has 6 heteroatoms. The number of aliphatic hydroxyl groups excluding tert-OH is 2. The number of ether oxygens (including phenoxy) is 1. The van der Waals surface area contributed by atoms with Gasteiger partial charge in [0.25, 0.3) is 0 Å². The van der Waals surface area contributed by atoms with Gasteiger partial charge in [0, 0.05) is 12.8 Å². The highest BCUT2D eigenvalue weighted by Crippen LogP contribution is 2.18. The second-order valence-corrected chi connectivity index (χ2v) is 22.1. The molecule has 0 aliphatic rings. The SMILES string of the molecule is CCCCCC/C=C\C/C=C\CCCCCCCC(=O)OCCCCCCCCCCCCCCCCCCCCCCCCCCCCCC(=O)NC(CO)C(O)/C=C/CCCCCCCCCCCC. The van der Waals surface area contributed by atoms with E-state index in [0.717, 1.165) is 51.4 Å². The van der Waals surface area contributed by atoms with Crippen LogP contribution in [0.5, 0.6) is 0 Å². The zero-order chi connectivity index (χ0) is 52.2. The second-order valence-electron chi connectivity index (χ2n) is 22.1. The predicted octanol–water partition coefficient (Wildman–Crippen LogP) is 20.4. The lowest BCUT2D eigenvalue weighted by Crippen LogP contribution is -2.45. The number of carbonyl (C=O) groups excluding carboxylic acids is 2.